The van der Waals surface area contributed by atoms with Crippen LogP contribution in [-0.4, -0.2) is 44.6 Å². The van der Waals surface area contributed by atoms with Gasteiger partial charge in [-0.25, -0.2) is 13.1 Å². The van der Waals surface area contributed by atoms with E-state index in [0.717, 1.165) is 62.9 Å². The number of carbonyl (C=O) groups is 1. The Labute approximate surface area is 172 Å². The van der Waals surface area contributed by atoms with Gasteiger partial charge < -0.3 is 4.90 Å². The van der Waals surface area contributed by atoms with Crippen molar-refractivity contribution in [3.63, 3.8) is 0 Å². The van der Waals surface area contributed by atoms with Gasteiger partial charge in [0.2, 0.25) is 10.0 Å². The molecular weight excluding hydrogens is 392 g/mol. The molecular formula is C21H30N2O3S2. The van der Waals surface area contributed by atoms with E-state index in [1.165, 1.54) is 18.2 Å². The monoisotopic (exact) mass is 422 g/mol. The lowest BCUT2D eigenvalue weighted by molar-refractivity contribution is 0.0758. The molecule has 1 amide bonds. The number of amides is 1. The Kier molecular flexibility index (Phi) is 6.04. The smallest absolute Gasteiger partial charge is 0.255 e. The van der Waals surface area contributed by atoms with E-state index < -0.39 is 10.0 Å². The number of thioether (sulfide) groups is 1. The molecule has 154 valence electrons. The number of nitrogens with one attached hydrogen (secondary N) is 1. The Balaban J connectivity index is 1.57. The summed E-state index contributed by atoms with van der Waals surface area (Å²) in [4.78, 5) is 16.1. The summed E-state index contributed by atoms with van der Waals surface area (Å²) in [5, 5.41) is 0. The molecule has 0 unspecified atom stereocenters. The van der Waals surface area contributed by atoms with E-state index in [1.54, 1.807) is 18.2 Å². The van der Waals surface area contributed by atoms with E-state index in [1.807, 2.05) is 11.2 Å². The van der Waals surface area contributed by atoms with Crippen LogP contribution < -0.4 is 4.72 Å². The van der Waals surface area contributed by atoms with Gasteiger partial charge in [0.15, 0.2) is 0 Å². The van der Waals surface area contributed by atoms with Crippen molar-refractivity contribution in [2.75, 3.05) is 19.3 Å². The fraction of sp³-hybridized carbons (Fsp3) is 0.667. The first-order valence-corrected chi connectivity index (χ1v) is 13.2. The summed E-state index contributed by atoms with van der Waals surface area (Å²) in [6.45, 7) is 1.51. The van der Waals surface area contributed by atoms with Crippen LogP contribution >= 0.6 is 11.8 Å². The van der Waals surface area contributed by atoms with E-state index in [-0.39, 0.29) is 16.8 Å². The molecule has 1 N–H and O–H groups in total. The number of nitrogens with zero attached hydrogens (tertiary/aromatic N) is 1. The van der Waals surface area contributed by atoms with Crippen molar-refractivity contribution in [2.45, 2.75) is 67.2 Å². The summed E-state index contributed by atoms with van der Waals surface area (Å²) < 4.78 is 29.0. The number of likely N-dealkylation sites (tertiary alicyclic amines) is 1. The van der Waals surface area contributed by atoms with Gasteiger partial charge in [0.05, 0.1) is 10.5 Å². The number of hydrogen-bond acceptors (Lipinski definition) is 4. The molecule has 7 heteroatoms. The van der Waals surface area contributed by atoms with Gasteiger partial charge in [0.1, 0.15) is 0 Å². The molecule has 5 nitrogen and oxygen atoms in total. The van der Waals surface area contributed by atoms with Crippen LogP contribution in [0.25, 0.3) is 0 Å². The largest absolute Gasteiger partial charge is 0.339 e. The predicted octanol–water partition coefficient (Wildman–Crippen LogP) is 3.89. The van der Waals surface area contributed by atoms with Gasteiger partial charge in [-0.15, -0.1) is 11.8 Å². The molecule has 2 bridgehead atoms. The molecule has 1 saturated heterocycles. The SMILES string of the molecule is CSc1ccc(S(=O)(=O)N[C@H]2C[C@H]3CC[C@H]2C3)cc1C(=O)N1CCCCCC1. The van der Waals surface area contributed by atoms with E-state index in [2.05, 4.69) is 4.72 Å². The first-order chi connectivity index (χ1) is 13.5. The highest BCUT2D eigenvalue weighted by molar-refractivity contribution is 7.98. The molecule has 3 atom stereocenters. The molecule has 0 aromatic heterocycles. The molecule has 1 aromatic rings. The molecule has 0 radical (unpaired) electrons. The summed E-state index contributed by atoms with van der Waals surface area (Å²) in [5.74, 6) is 1.11. The van der Waals surface area contributed by atoms with Crippen molar-refractivity contribution < 1.29 is 13.2 Å². The Hall–Kier alpha value is -1.05. The molecule has 1 aromatic carbocycles. The van der Waals surface area contributed by atoms with Gasteiger partial charge in [-0.3, -0.25) is 4.79 Å². The van der Waals surface area contributed by atoms with Crippen LogP contribution in [0, 0.1) is 11.8 Å². The van der Waals surface area contributed by atoms with Gasteiger partial charge in [-0.1, -0.05) is 19.3 Å². The highest BCUT2D eigenvalue weighted by Gasteiger charge is 2.41. The fourth-order valence-corrected chi connectivity index (χ4v) is 7.04. The average molecular weight is 423 g/mol. The zero-order valence-corrected chi connectivity index (χ0v) is 18.2. The molecule has 0 spiro atoms. The lowest BCUT2D eigenvalue weighted by Gasteiger charge is -2.24. The van der Waals surface area contributed by atoms with Crippen LogP contribution in [0.1, 0.15) is 61.7 Å². The Bertz CT molecular complexity index is 832. The van der Waals surface area contributed by atoms with Crippen LogP contribution in [0.5, 0.6) is 0 Å². The minimum absolute atomic E-state index is 0.0387. The maximum Gasteiger partial charge on any atom is 0.255 e. The number of rotatable bonds is 5. The van der Waals surface area contributed by atoms with E-state index in [4.69, 9.17) is 0 Å². The minimum atomic E-state index is -3.62. The molecule has 1 aliphatic heterocycles. The second-order valence-electron chi connectivity index (χ2n) is 8.47. The van der Waals surface area contributed by atoms with E-state index in [9.17, 15) is 13.2 Å². The van der Waals surface area contributed by atoms with Crippen LogP contribution in [-0.2, 0) is 10.0 Å². The molecule has 1 heterocycles. The number of sulfonamides is 1. The van der Waals surface area contributed by atoms with Gasteiger partial charge >= 0.3 is 0 Å². The minimum Gasteiger partial charge on any atom is -0.339 e. The van der Waals surface area contributed by atoms with Crippen molar-refractivity contribution in [2.24, 2.45) is 11.8 Å². The molecule has 28 heavy (non-hydrogen) atoms. The molecule has 2 aliphatic carbocycles. The molecule has 2 saturated carbocycles. The van der Waals surface area contributed by atoms with Crippen LogP contribution in [0.15, 0.2) is 28.0 Å². The zero-order chi connectivity index (χ0) is 19.7. The number of hydrogen-bond donors (Lipinski definition) is 1. The quantitative estimate of drug-likeness (QED) is 0.731. The second-order valence-corrected chi connectivity index (χ2v) is 11.0. The standard InChI is InChI=1S/C21H30N2O3S2/c1-27-20-9-8-17(14-18(20)21(24)23-10-4-2-3-5-11-23)28(25,26)22-19-13-15-6-7-16(19)12-15/h8-9,14-16,19,22H,2-7,10-13H2,1H3/t15-,16-,19-/m0/s1. The van der Waals surface area contributed by atoms with Gasteiger partial charge in [0.25, 0.3) is 5.91 Å². The number of benzene rings is 1. The lowest BCUT2D eigenvalue weighted by Crippen LogP contribution is -2.38. The van der Waals surface area contributed by atoms with Crippen LogP contribution in [0.4, 0.5) is 0 Å². The van der Waals surface area contributed by atoms with Crippen LogP contribution in [0.2, 0.25) is 0 Å². The second kappa shape index (κ2) is 8.36. The average Bonchev–Trinajstić information content (AvgIpc) is 3.19. The number of carbonyl (C=O) groups excluding carboxylic acids is 1. The van der Waals surface area contributed by atoms with Gasteiger partial charge in [-0.05, 0) is 68.4 Å². The summed E-state index contributed by atoms with van der Waals surface area (Å²) in [6.07, 6.45) is 10.7. The lowest BCUT2D eigenvalue weighted by atomic mass is 9.96. The Morgan fingerprint density at radius 2 is 1.86 bits per heavy atom. The normalized spacial score (nSPS) is 27.8. The molecule has 3 aliphatic rings. The van der Waals surface area contributed by atoms with Gasteiger partial charge in [-0.2, -0.15) is 0 Å². The highest BCUT2D eigenvalue weighted by Crippen LogP contribution is 2.44. The Morgan fingerprint density at radius 3 is 2.46 bits per heavy atom. The summed E-state index contributed by atoms with van der Waals surface area (Å²) in [5.41, 5.74) is 0.519. The van der Waals surface area contributed by atoms with Crippen molar-refractivity contribution in [1.29, 1.82) is 0 Å². The summed E-state index contributed by atoms with van der Waals surface area (Å²) in [7, 11) is -3.62. The van der Waals surface area contributed by atoms with E-state index in [0.29, 0.717) is 17.4 Å². The van der Waals surface area contributed by atoms with Gasteiger partial charge in [0, 0.05) is 24.0 Å². The van der Waals surface area contributed by atoms with Crippen molar-refractivity contribution in [3.8, 4) is 0 Å². The van der Waals surface area contributed by atoms with Crippen molar-refractivity contribution >= 4 is 27.7 Å². The maximum atomic E-state index is 13.2. The topological polar surface area (TPSA) is 66.5 Å². The third-order valence-electron chi connectivity index (χ3n) is 6.65. The fourth-order valence-electron chi connectivity index (χ4n) is 5.12. The van der Waals surface area contributed by atoms with E-state index >= 15 is 0 Å². The zero-order valence-electron chi connectivity index (χ0n) is 16.5. The summed E-state index contributed by atoms with van der Waals surface area (Å²) >= 11 is 1.49. The summed E-state index contributed by atoms with van der Waals surface area (Å²) in [6, 6.07) is 5.06. The third kappa shape index (κ3) is 4.12. The highest BCUT2D eigenvalue weighted by atomic mass is 32.2. The molecule has 4 rings (SSSR count). The maximum absolute atomic E-state index is 13.2. The first-order valence-electron chi connectivity index (χ1n) is 10.5. The molecule has 3 fully saturated rings. The number of fused-ring (bicyclic) bond motifs is 2. The van der Waals surface area contributed by atoms with Crippen molar-refractivity contribution in [3.05, 3.63) is 23.8 Å². The third-order valence-corrected chi connectivity index (χ3v) is 8.93. The first kappa shape index (κ1) is 20.2. The van der Waals surface area contributed by atoms with Crippen molar-refractivity contribution in [1.82, 2.24) is 9.62 Å². The Morgan fingerprint density at radius 1 is 1.11 bits per heavy atom. The van der Waals surface area contributed by atoms with Crippen LogP contribution in [0.3, 0.4) is 0 Å². The predicted molar refractivity (Wildman–Crippen MR) is 112 cm³/mol.